The van der Waals surface area contributed by atoms with Crippen molar-refractivity contribution in [1.82, 2.24) is 19.9 Å². The number of carbonyl (C=O) groups excluding carboxylic acids is 1. The molecule has 0 radical (unpaired) electrons. The van der Waals surface area contributed by atoms with Crippen LogP contribution >= 0.6 is 11.8 Å². The molecular weight excluding hydrogens is 463 g/mol. The third-order valence-corrected chi connectivity index (χ3v) is 6.41. The normalized spacial score (nSPS) is 11.3. The second-order valence-electron chi connectivity index (χ2n) is 8.47. The molecule has 0 unspecified atom stereocenters. The van der Waals surface area contributed by atoms with Crippen molar-refractivity contribution in [3.05, 3.63) is 89.4 Å². The number of nitrogens with one attached hydrogen (secondary N) is 1. The Morgan fingerprint density at radius 2 is 1.83 bits per heavy atom. The van der Waals surface area contributed by atoms with E-state index in [1.54, 1.807) is 30.1 Å². The minimum absolute atomic E-state index is 0.0825. The Bertz CT molecular complexity index is 1260. The number of halogens is 1. The van der Waals surface area contributed by atoms with Crippen molar-refractivity contribution in [2.45, 2.75) is 43.8 Å². The molecule has 0 atom stereocenters. The van der Waals surface area contributed by atoms with Crippen molar-refractivity contribution in [3.63, 3.8) is 0 Å². The molecule has 2 aromatic carbocycles. The maximum absolute atomic E-state index is 13.3. The van der Waals surface area contributed by atoms with Gasteiger partial charge in [0.05, 0.1) is 12.6 Å². The predicted molar refractivity (Wildman–Crippen MR) is 137 cm³/mol. The summed E-state index contributed by atoms with van der Waals surface area (Å²) in [7, 11) is 0. The first kappa shape index (κ1) is 24.9. The third kappa shape index (κ3) is 6.90. The van der Waals surface area contributed by atoms with Crippen LogP contribution in [-0.2, 0) is 17.0 Å². The third-order valence-electron chi connectivity index (χ3n) is 5.36. The summed E-state index contributed by atoms with van der Waals surface area (Å²) in [5, 5.41) is 3.77. The van der Waals surface area contributed by atoms with E-state index in [0.717, 1.165) is 33.9 Å². The van der Waals surface area contributed by atoms with Crippen molar-refractivity contribution in [3.8, 4) is 0 Å². The van der Waals surface area contributed by atoms with E-state index in [1.807, 2.05) is 50.2 Å². The molecule has 0 bridgehead atoms. The van der Waals surface area contributed by atoms with Gasteiger partial charge in [0.25, 0.3) is 5.91 Å². The number of ether oxygens (including phenoxy) is 1. The van der Waals surface area contributed by atoms with Crippen LogP contribution in [0.25, 0.3) is 11.2 Å². The number of hydrogen-bond acceptors (Lipinski definition) is 5. The fourth-order valence-corrected chi connectivity index (χ4v) is 4.52. The fourth-order valence-electron chi connectivity index (χ4n) is 3.56. The van der Waals surface area contributed by atoms with Crippen molar-refractivity contribution in [1.29, 1.82) is 0 Å². The molecule has 8 heteroatoms. The molecule has 1 N–H and O–H groups in total. The highest BCUT2D eigenvalue weighted by Gasteiger charge is 2.13. The largest absolute Gasteiger partial charge is 0.379 e. The van der Waals surface area contributed by atoms with Crippen molar-refractivity contribution in [2.24, 2.45) is 0 Å². The molecule has 6 nitrogen and oxygen atoms in total. The Hall–Kier alpha value is -3.23. The standard InChI is InChI=1S/C27H29FN4O2S/c1-19(2)34-16-4-15-30-26(33)22-10-6-21(7-11-22)18-35-27-31-24-5-3-14-29-25(24)32(27)17-20-8-12-23(28)13-9-20/h3,5-14,19H,4,15-18H2,1-2H3,(H,30,33). The molecule has 35 heavy (non-hydrogen) atoms. The van der Waals surface area contributed by atoms with Crippen LogP contribution in [-0.4, -0.2) is 39.7 Å². The monoisotopic (exact) mass is 492 g/mol. The summed E-state index contributed by atoms with van der Waals surface area (Å²) in [5.74, 6) is 0.358. The van der Waals surface area contributed by atoms with Crippen LogP contribution in [0.3, 0.4) is 0 Å². The van der Waals surface area contributed by atoms with E-state index in [2.05, 4.69) is 14.9 Å². The average molecular weight is 493 g/mol. The lowest BCUT2D eigenvalue weighted by atomic mass is 10.1. The zero-order valence-corrected chi connectivity index (χ0v) is 20.7. The molecule has 2 aromatic heterocycles. The Labute approximate surface area is 208 Å². The van der Waals surface area contributed by atoms with Gasteiger partial charge in [0.2, 0.25) is 0 Å². The summed E-state index contributed by atoms with van der Waals surface area (Å²) < 4.78 is 20.9. The van der Waals surface area contributed by atoms with Gasteiger partial charge in [-0.05, 0) is 67.8 Å². The maximum Gasteiger partial charge on any atom is 0.251 e. The van der Waals surface area contributed by atoms with Gasteiger partial charge in [-0.3, -0.25) is 9.36 Å². The van der Waals surface area contributed by atoms with E-state index < -0.39 is 0 Å². The fraction of sp³-hybridized carbons (Fsp3) is 0.296. The SMILES string of the molecule is CC(C)OCCCNC(=O)c1ccc(CSc2nc3cccnc3n2Cc2ccc(F)cc2)cc1. The van der Waals surface area contributed by atoms with Crippen LogP contribution in [0.5, 0.6) is 0 Å². The van der Waals surface area contributed by atoms with Gasteiger partial charge < -0.3 is 10.1 Å². The molecular formula is C27H29FN4O2S. The summed E-state index contributed by atoms with van der Waals surface area (Å²) in [6.07, 6.45) is 2.74. The zero-order valence-electron chi connectivity index (χ0n) is 19.9. The van der Waals surface area contributed by atoms with Gasteiger partial charge in [-0.2, -0.15) is 0 Å². The second-order valence-corrected chi connectivity index (χ2v) is 9.41. The lowest BCUT2D eigenvalue weighted by Crippen LogP contribution is -2.25. The highest BCUT2D eigenvalue weighted by Crippen LogP contribution is 2.27. The minimum atomic E-state index is -0.255. The molecule has 0 spiro atoms. The molecule has 4 rings (SSSR count). The Morgan fingerprint density at radius 1 is 1.09 bits per heavy atom. The van der Waals surface area contributed by atoms with Gasteiger partial charge in [-0.1, -0.05) is 36.0 Å². The van der Waals surface area contributed by atoms with E-state index in [9.17, 15) is 9.18 Å². The minimum Gasteiger partial charge on any atom is -0.379 e. The first-order valence-corrected chi connectivity index (χ1v) is 12.7. The Kier molecular flexibility index (Phi) is 8.50. The first-order chi connectivity index (χ1) is 17.0. The van der Waals surface area contributed by atoms with Crippen molar-refractivity contribution in [2.75, 3.05) is 13.2 Å². The van der Waals surface area contributed by atoms with E-state index in [0.29, 0.717) is 31.0 Å². The van der Waals surface area contributed by atoms with E-state index >= 15 is 0 Å². The summed E-state index contributed by atoms with van der Waals surface area (Å²) in [6.45, 7) is 5.77. The lowest BCUT2D eigenvalue weighted by Gasteiger charge is -2.10. The van der Waals surface area contributed by atoms with Gasteiger partial charge in [0.15, 0.2) is 10.8 Å². The molecule has 0 aliphatic rings. The van der Waals surface area contributed by atoms with E-state index in [4.69, 9.17) is 9.72 Å². The Balaban J connectivity index is 1.38. The quantitative estimate of drug-likeness (QED) is 0.223. The summed E-state index contributed by atoms with van der Waals surface area (Å²) in [5.41, 5.74) is 4.32. The molecule has 182 valence electrons. The number of carbonyl (C=O) groups is 1. The number of hydrogen-bond donors (Lipinski definition) is 1. The Morgan fingerprint density at radius 3 is 2.57 bits per heavy atom. The molecule has 4 aromatic rings. The topological polar surface area (TPSA) is 69.0 Å². The van der Waals surface area contributed by atoms with Crippen LogP contribution in [0, 0.1) is 5.82 Å². The van der Waals surface area contributed by atoms with Gasteiger partial charge in [0.1, 0.15) is 11.3 Å². The second kappa shape index (κ2) is 12.0. The molecule has 0 fully saturated rings. The highest BCUT2D eigenvalue weighted by atomic mass is 32.2. The molecule has 0 saturated carbocycles. The molecule has 0 aliphatic heterocycles. The summed E-state index contributed by atoms with van der Waals surface area (Å²) in [6, 6.07) is 17.9. The number of nitrogens with zero attached hydrogens (tertiary/aromatic N) is 3. The van der Waals surface area contributed by atoms with Crippen molar-refractivity contribution >= 4 is 28.8 Å². The van der Waals surface area contributed by atoms with Gasteiger partial charge >= 0.3 is 0 Å². The van der Waals surface area contributed by atoms with Crippen LogP contribution in [0.4, 0.5) is 4.39 Å². The lowest BCUT2D eigenvalue weighted by molar-refractivity contribution is 0.0757. The number of aromatic nitrogens is 3. The first-order valence-electron chi connectivity index (χ1n) is 11.7. The summed E-state index contributed by atoms with van der Waals surface area (Å²) in [4.78, 5) is 21.6. The number of pyridine rings is 1. The van der Waals surface area contributed by atoms with Gasteiger partial charge in [-0.25, -0.2) is 14.4 Å². The van der Waals surface area contributed by atoms with Crippen LogP contribution < -0.4 is 5.32 Å². The zero-order chi connectivity index (χ0) is 24.6. The summed E-state index contributed by atoms with van der Waals surface area (Å²) >= 11 is 1.61. The maximum atomic E-state index is 13.3. The molecule has 0 aliphatic carbocycles. The highest BCUT2D eigenvalue weighted by molar-refractivity contribution is 7.98. The van der Waals surface area contributed by atoms with Gasteiger partial charge in [0, 0.05) is 30.7 Å². The molecule has 1 amide bonds. The number of imidazole rings is 1. The van der Waals surface area contributed by atoms with Gasteiger partial charge in [-0.15, -0.1) is 0 Å². The van der Waals surface area contributed by atoms with Crippen LogP contribution in [0.2, 0.25) is 0 Å². The number of thioether (sulfide) groups is 1. The predicted octanol–water partition coefficient (Wildman–Crippen LogP) is 5.46. The molecule has 0 saturated heterocycles. The average Bonchev–Trinajstić information content (AvgIpc) is 3.21. The number of rotatable bonds is 11. The molecule has 2 heterocycles. The van der Waals surface area contributed by atoms with Crippen molar-refractivity contribution < 1.29 is 13.9 Å². The number of fused-ring (bicyclic) bond motifs is 1. The van der Waals surface area contributed by atoms with E-state index in [-0.39, 0.29) is 17.8 Å². The number of amides is 1. The van der Waals surface area contributed by atoms with E-state index in [1.165, 1.54) is 12.1 Å². The van der Waals surface area contributed by atoms with Crippen LogP contribution in [0.15, 0.2) is 72.0 Å². The van der Waals surface area contributed by atoms with Crippen LogP contribution in [0.1, 0.15) is 41.8 Å². The smallest absolute Gasteiger partial charge is 0.251 e. The number of benzene rings is 2.